The van der Waals surface area contributed by atoms with Crippen LogP contribution in [0.25, 0.3) is 0 Å². The fraction of sp³-hybridized carbons (Fsp3) is 0.182. The molecule has 3 rings (SSSR count). The van der Waals surface area contributed by atoms with Crippen molar-refractivity contribution in [3.8, 4) is 0 Å². The molecule has 1 amide bonds. The molecule has 2 aromatic heterocycles. The minimum Gasteiger partial charge on any atom is -0.365 e. The maximum Gasteiger partial charge on any atom is 0.253 e. The van der Waals surface area contributed by atoms with Gasteiger partial charge in [-0.3, -0.25) is 9.59 Å². The summed E-state index contributed by atoms with van der Waals surface area (Å²) in [5.41, 5.74) is 3.84. The van der Waals surface area contributed by atoms with Crippen LogP contribution in [0.4, 0.5) is 5.82 Å². The fourth-order valence-electron chi connectivity index (χ4n) is 3.02. The van der Waals surface area contributed by atoms with Crippen LogP contribution in [0, 0.1) is 19.3 Å². The van der Waals surface area contributed by atoms with Crippen LogP contribution >= 0.6 is 0 Å². The molecule has 0 aliphatic rings. The summed E-state index contributed by atoms with van der Waals surface area (Å²) < 4.78 is 0. The Balaban J connectivity index is 1.70. The second-order valence-electron chi connectivity index (χ2n) is 6.77. The summed E-state index contributed by atoms with van der Waals surface area (Å²) in [4.78, 5) is 31.6. The molecule has 0 saturated carbocycles. The molecule has 2 heterocycles. The maximum atomic E-state index is 12.5. The first kappa shape index (κ1) is 20.0. The molecule has 1 aromatic carbocycles. The minimum absolute atomic E-state index is 0.119. The monoisotopic (exact) mass is 389 g/mol. The Bertz CT molecular complexity index is 1090. The number of hydrogen-bond donors (Lipinski definition) is 4. The number of carbonyl (C=O) groups excluding carboxylic acids is 1. The van der Waals surface area contributed by atoms with Crippen molar-refractivity contribution in [2.75, 3.05) is 5.32 Å². The smallest absolute Gasteiger partial charge is 0.253 e. The van der Waals surface area contributed by atoms with Crippen LogP contribution in [0.2, 0.25) is 0 Å². The third-order valence-corrected chi connectivity index (χ3v) is 4.56. The van der Waals surface area contributed by atoms with E-state index in [0.717, 1.165) is 23.0 Å². The Hall–Kier alpha value is -3.74. The van der Waals surface area contributed by atoms with Crippen LogP contribution in [-0.4, -0.2) is 22.1 Å². The van der Waals surface area contributed by atoms with Crippen LogP contribution in [0.15, 0.2) is 53.5 Å². The zero-order valence-corrected chi connectivity index (χ0v) is 16.4. The molecule has 0 unspecified atom stereocenters. The number of anilines is 1. The van der Waals surface area contributed by atoms with Gasteiger partial charge in [-0.05, 0) is 37.1 Å². The van der Waals surface area contributed by atoms with E-state index in [1.54, 1.807) is 6.07 Å². The largest absolute Gasteiger partial charge is 0.365 e. The summed E-state index contributed by atoms with van der Waals surface area (Å²) in [6.07, 6.45) is 2.62. The summed E-state index contributed by atoms with van der Waals surface area (Å²) >= 11 is 0. The predicted molar refractivity (Wildman–Crippen MR) is 114 cm³/mol. The van der Waals surface area contributed by atoms with Gasteiger partial charge in [-0.25, -0.2) is 4.98 Å². The van der Waals surface area contributed by atoms with E-state index in [9.17, 15) is 9.59 Å². The first-order valence-electron chi connectivity index (χ1n) is 9.24. The van der Waals surface area contributed by atoms with Gasteiger partial charge in [0.15, 0.2) is 0 Å². The van der Waals surface area contributed by atoms with E-state index in [0.29, 0.717) is 29.1 Å². The zero-order chi connectivity index (χ0) is 20.8. The third kappa shape index (κ3) is 4.95. The van der Waals surface area contributed by atoms with Crippen LogP contribution < -0.4 is 16.2 Å². The molecule has 0 fully saturated rings. The van der Waals surface area contributed by atoms with Gasteiger partial charge in [0.2, 0.25) is 0 Å². The number of benzene rings is 1. The number of nitrogens with one attached hydrogen (secondary N) is 4. The van der Waals surface area contributed by atoms with E-state index >= 15 is 0 Å². The Morgan fingerprint density at radius 1 is 1.17 bits per heavy atom. The summed E-state index contributed by atoms with van der Waals surface area (Å²) in [5, 5.41) is 13.6. The summed E-state index contributed by atoms with van der Waals surface area (Å²) in [6, 6.07) is 13.3. The van der Waals surface area contributed by atoms with Crippen LogP contribution in [0.3, 0.4) is 0 Å². The van der Waals surface area contributed by atoms with Gasteiger partial charge in [0.25, 0.3) is 11.5 Å². The van der Waals surface area contributed by atoms with Crippen molar-refractivity contribution in [3.05, 3.63) is 92.5 Å². The van der Waals surface area contributed by atoms with Crippen molar-refractivity contribution in [2.45, 2.75) is 26.9 Å². The number of carbonyl (C=O) groups is 1. The molecule has 4 N–H and O–H groups in total. The van der Waals surface area contributed by atoms with Crippen molar-refractivity contribution in [2.24, 2.45) is 0 Å². The SMILES string of the molecule is Cc1cc(C)c(CNC(=O)c2cnc(NCc3ccccc3)c(C=N)c2)c(=O)[nH]1. The van der Waals surface area contributed by atoms with E-state index < -0.39 is 0 Å². The maximum absolute atomic E-state index is 12.5. The highest BCUT2D eigenvalue weighted by atomic mass is 16.1. The quantitative estimate of drug-likeness (QED) is 0.466. The second kappa shape index (κ2) is 8.97. The lowest BCUT2D eigenvalue weighted by Gasteiger charge is -2.11. The van der Waals surface area contributed by atoms with Crippen molar-refractivity contribution >= 4 is 17.9 Å². The number of H-pyrrole nitrogens is 1. The standard InChI is InChI=1S/C22H23N5O2/c1-14-8-15(2)27-22(29)19(14)13-26-21(28)18-9-17(10-23)20(25-12-18)24-11-16-6-4-3-5-7-16/h3-10,12,23H,11,13H2,1-2H3,(H,24,25)(H,26,28)(H,27,29). The Kier molecular flexibility index (Phi) is 6.19. The van der Waals surface area contributed by atoms with E-state index in [-0.39, 0.29) is 18.0 Å². The second-order valence-corrected chi connectivity index (χ2v) is 6.77. The molecule has 0 spiro atoms. The van der Waals surface area contributed by atoms with Gasteiger partial charge < -0.3 is 21.0 Å². The highest BCUT2D eigenvalue weighted by molar-refractivity contribution is 5.96. The molecule has 29 heavy (non-hydrogen) atoms. The minimum atomic E-state index is -0.352. The van der Waals surface area contributed by atoms with Gasteiger partial charge in [-0.15, -0.1) is 0 Å². The van der Waals surface area contributed by atoms with E-state index in [2.05, 4.69) is 20.6 Å². The molecule has 148 valence electrons. The van der Waals surface area contributed by atoms with Gasteiger partial charge >= 0.3 is 0 Å². The molecular weight excluding hydrogens is 366 g/mol. The summed E-state index contributed by atoms with van der Waals surface area (Å²) in [5.74, 6) is 0.181. The van der Waals surface area contributed by atoms with Gasteiger partial charge in [0.1, 0.15) is 5.82 Å². The number of pyridine rings is 2. The van der Waals surface area contributed by atoms with Crippen molar-refractivity contribution in [1.82, 2.24) is 15.3 Å². The summed E-state index contributed by atoms with van der Waals surface area (Å²) in [7, 11) is 0. The number of aryl methyl sites for hydroxylation is 2. The van der Waals surface area contributed by atoms with E-state index in [1.165, 1.54) is 6.20 Å². The number of hydrogen-bond acceptors (Lipinski definition) is 5. The Morgan fingerprint density at radius 3 is 2.62 bits per heavy atom. The van der Waals surface area contributed by atoms with Crippen molar-refractivity contribution in [3.63, 3.8) is 0 Å². The molecule has 0 saturated heterocycles. The number of nitrogens with zero attached hydrogens (tertiary/aromatic N) is 1. The van der Waals surface area contributed by atoms with Gasteiger partial charge in [-0.2, -0.15) is 0 Å². The topological polar surface area (TPSA) is 111 Å². The summed E-state index contributed by atoms with van der Waals surface area (Å²) in [6.45, 7) is 4.34. The third-order valence-electron chi connectivity index (χ3n) is 4.56. The molecule has 7 heteroatoms. The van der Waals surface area contributed by atoms with Crippen molar-refractivity contribution < 1.29 is 4.79 Å². The molecule has 0 aliphatic carbocycles. The number of aromatic nitrogens is 2. The Labute approximate surface area is 168 Å². The average molecular weight is 389 g/mol. The van der Waals surface area contributed by atoms with E-state index in [1.807, 2.05) is 50.2 Å². The van der Waals surface area contributed by atoms with Crippen LogP contribution in [-0.2, 0) is 13.1 Å². The lowest BCUT2D eigenvalue weighted by molar-refractivity contribution is 0.0950. The fourth-order valence-corrected chi connectivity index (χ4v) is 3.02. The van der Waals surface area contributed by atoms with Gasteiger partial charge in [0, 0.05) is 42.3 Å². The zero-order valence-electron chi connectivity index (χ0n) is 16.4. The molecule has 0 bridgehead atoms. The number of amides is 1. The highest BCUT2D eigenvalue weighted by Gasteiger charge is 2.12. The van der Waals surface area contributed by atoms with Crippen molar-refractivity contribution in [1.29, 1.82) is 5.41 Å². The first-order chi connectivity index (χ1) is 14.0. The Morgan fingerprint density at radius 2 is 1.93 bits per heavy atom. The van der Waals surface area contributed by atoms with Crippen LogP contribution in [0.5, 0.6) is 0 Å². The lowest BCUT2D eigenvalue weighted by atomic mass is 10.1. The molecule has 0 radical (unpaired) electrons. The van der Waals surface area contributed by atoms with E-state index in [4.69, 9.17) is 5.41 Å². The first-order valence-corrected chi connectivity index (χ1v) is 9.24. The molecular formula is C22H23N5O2. The molecule has 7 nitrogen and oxygen atoms in total. The lowest BCUT2D eigenvalue weighted by Crippen LogP contribution is -2.28. The average Bonchev–Trinajstić information content (AvgIpc) is 2.72. The van der Waals surface area contributed by atoms with Crippen LogP contribution in [0.1, 0.15) is 38.3 Å². The van der Waals surface area contributed by atoms with Gasteiger partial charge in [0.05, 0.1) is 5.56 Å². The highest BCUT2D eigenvalue weighted by Crippen LogP contribution is 2.14. The molecule has 3 aromatic rings. The number of rotatable bonds is 7. The van der Waals surface area contributed by atoms with Gasteiger partial charge in [-0.1, -0.05) is 30.3 Å². The number of aromatic amines is 1. The molecule has 0 atom stereocenters. The molecule has 0 aliphatic heterocycles. The normalized spacial score (nSPS) is 10.4. The predicted octanol–water partition coefficient (Wildman–Crippen LogP) is 2.93.